The van der Waals surface area contributed by atoms with Crippen molar-refractivity contribution in [2.24, 2.45) is 0 Å². The summed E-state index contributed by atoms with van der Waals surface area (Å²) in [6.45, 7) is 0.153. The van der Waals surface area contributed by atoms with Crippen molar-refractivity contribution in [2.75, 3.05) is 5.32 Å². The van der Waals surface area contributed by atoms with Crippen LogP contribution in [0.4, 0.5) is 14.5 Å². The number of anilines is 1. The third kappa shape index (κ3) is 3.27. The van der Waals surface area contributed by atoms with E-state index in [4.69, 9.17) is 16.9 Å². The summed E-state index contributed by atoms with van der Waals surface area (Å²) in [6, 6.07) is 9.05. The molecule has 0 unspecified atom stereocenters. The standard InChI is InChI=1S/C14H8BrClF2N2/c15-10-4-12(17)14(13(18)5-10)20-7-9-2-1-8(6-19)3-11(9)16/h1-5,20H,7H2. The largest absolute Gasteiger partial charge is 0.376 e. The average molecular weight is 358 g/mol. The maximum absolute atomic E-state index is 13.6. The van der Waals surface area contributed by atoms with Crippen molar-refractivity contribution in [3.8, 4) is 6.07 Å². The Morgan fingerprint density at radius 1 is 1.20 bits per heavy atom. The van der Waals surface area contributed by atoms with Gasteiger partial charge in [-0.2, -0.15) is 5.26 Å². The van der Waals surface area contributed by atoms with Crippen LogP contribution in [0.3, 0.4) is 0 Å². The topological polar surface area (TPSA) is 35.8 Å². The van der Waals surface area contributed by atoms with E-state index in [1.165, 1.54) is 18.2 Å². The molecule has 0 saturated heterocycles. The Morgan fingerprint density at radius 3 is 2.40 bits per heavy atom. The van der Waals surface area contributed by atoms with E-state index >= 15 is 0 Å². The molecule has 2 nitrogen and oxygen atoms in total. The molecule has 0 bridgehead atoms. The Morgan fingerprint density at radius 2 is 1.85 bits per heavy atom. The van der Waals surface area contributed by atoms with E-state index < -0.39 is 11.6 Å². The number of nitrogens with one attached hydrogen (secondary N) is 1. The molecule has 0 spiro atoms. The van der Waals surface area contributed by atoms with E-state index in [9.17, 15) is 8.78 Å². The van der Waals surface area contributed by atoms with Crippen LogP contribution in [0.5, 0.6) is 0 Å². The molecule has 0 heterocycles. The van der Waals surface area contributed by atoms with Gasteiger partial charge in [-0.3, -0.25) is 0 Å². The monoisotopic (exact) mass is 356 g/mol. The lowest BCUT2D eigenvalue weighted by molar-refractivity contribution is 0.586. The molecule has 0 amide bonds. The van der Waals surface area contributed by atoms with Crippen molar-refractivity contribution in [3.05, 3.63) is 62.6 Å². The van der Waals surface area contributed by atoms with Gasteiger partial charge in [-0.25, -0.2) is 8.78 Å². The van der Waals surface area contributed by atoms with Crippen LogP contribution in [0.25, 0.3) is 0 Å². The Hall–Kier alpha value is -1.64. The fourth-order valence-electron chi connectivity index (χ4n) is 1.65. The number of hydrogen-bond donors (Lipinski definition) is 1. The molecule has 0 aliphatic heterocycles. The van der Waals surface area contributed by atoms with Crippen molar-refractivity contribution >= 4 is 33.2 Å². The molecule has 0 aromatic heterocycles. The average Bonchev–Trinajstić information content (AvgIpc) is 2.39. The maximum Gasteiger partial charge on any atom is 0.150 e. The van der Waals surface area contributed by atoms with Crippen LogP contribution in [0, 0.1) is 23.0 Å². The minimum absolute atomic E-state index is 0.153. The van der Waals surface area contributed by atoms with Crippen molar-refractivity contribution in [3.63, 3.8) is 0 Å². The third-order valence-electron chi connectivity index (χ3n) is 2.64. The second-order valence-corrected chi connectivity index (χ2v) is 5.34. The Bertz CT molecular complexity index is 675. The summed E-state index contributed by atoms with van der Waals surface area (Å²) in [6.07, 6.45) is 0. The fraction of sp³-hybridized carbons (Fsp3) is 0.0714. The lowest BCUT2D eigenvalue weighted by atomic mass is 10.1. The molecule has 0 atom stereocenters. The van der Waals surface area contributed by atoms with Gasteiger partial charge in [0.25, 0.3) is 0 Å². The van der Waals surface area contributed by atoms with Gasteiger partial charge in [-0.05, 0) is 29.8 Å². The number of rotatable bonds is 3. The Balaban J connectivity index is 2.20. The second kappa shape index (κ2) is 6.21. The highest BCUT2D eigenvalue weighted by Crippen LogP contribution is 2.25. The van der Waals surface area contributed by atoms with Gasteiger partial charge in [0.1, 0.15) is 17.3 Å². The highest BCUT2D eigenvalue weighted by atomic mass is 79.9. The predicted octanol–water partition coefficient (Wildman–Crippen LogP) is 4.86. The zero-order chi connectivity index (χ0) is 14.7. The van der Waals surface area contributed by atoms with E-state index in [0.29, 0.717) is 20.6 Å². The van der Waals surface area contributed by atoms with Crippen LogP contribution in [0.15, 0.2) is 34.8 Å². The number of benzene rings is 2. The first-order valence-electron chi connectivity index (χ1n) is 5.58. The molecule has 0 aliphatic carbocycles. The maximum atomic E-state index is 13.6. The van der Waals surface area contributed by atoms with E-state index in [1.807, 2.05) is 6.07 Å². The molecule has 2 rings (SSSR count). The van der Waals surface area contributed by atoms with Gasteiger partial charge in [0.15, 0.2) is 0 Å². The fourth-order valence-corrected chi connectivity index (χ4v) is 2.30. The van der Waals surface area contributed by atoms with Crippen molar-refractivity contribution in [2.45, 2.75) is 6.54 Å². The van der Waals surface area contributed by atoms with Crippen LogP contribution in [0.2, 0.25) is 5.02 Å². The van der Waals surface area contributed by atoms with Crippen molar-refractivity contribution in [1.82, 2.24) is 0 Å². The summed E-state index contributed by atoms with van der Waals surface area (Å²) >= 11 is 9.00. The molecule has 1 N–H and O–H groups in total. The Labute approximate surface area is 128 Å². The molecule has 102 valence electrons. The van der Waals surface area contributed by atoms with Gasteiger partial charge in [-0.1, -0.05) is 33.6 Å². The zero-order valence-electron chi connectivity index (χ0n) is 10.1. The van der Waals surface area contributed by atoms with Gasteiger partial charge in [0.2, 0.25) is 0 Å². The zero-order valence-corrected chi connectivity index (χ0v) is 12.4. The van der Waals surface area contributed by atoms with Crippen LogP contribution >= 0.6 is 27.5 Å². The van der Waals surface area contributed by atoms with Crippen molar-refractivity contribution in [1.29, 1.82) is 5.26 Å². The predicted molar refractivity (Wildman–Crippen MR) is 77.6 cm³/mol. The molecule has 0 saturated carbocycles. The molecule has 6 heteroatoms. The van der Waals surface area contributed by atoms with Gasteiger partial charge >= 0.3 is 0 Å². The molecule has 2 aromatic carbocycles. The first-order valence-corrected chi connectivity index (χ1v) is 6.75. The minimum Gasteiger partial charge on any atom is -0.376 e. The summed E-state index contributed by atoms with van der Waals surface area (Å²) in [5.41, 5.74) is 0.862. The van der Waals surface area contributed by atoms with E-state index in [-0.39, 0.29) is 12.2 Å². The molecular weight excluding hydrogens is 350 g/mol. The lowest BCUT2D eigenvalue weighted by Gasteiger charge is -2.10. The van der Waals surface area contributed by atoms with E-state index in [0.717, 1.165) is 0 Å². The first-order chi connectivity index (χ1) is 9.51. The van der Waals surface area contributed by atoms with E-state index in [1.54, 1.807) is 12.1 Å². The molecule has 20 heavy (non-hydrogen) atoms. The quantitative estimate of drug-likeness (QED) is 0.851. The van der Waals surface area contributed by atoms with Gasteiger partial charge < -0.3 is 5.32 Å². The number of halogens is 4. The van der Waals surface area contributed by atoms with Crippen LogP contribution in [-0.4, -0.2) is 0 Å². The van der Waals surface area contributed by atoms with Gasteiger partial charge in [0.05, 0.1) is 11.6 Å². The first kappa shape index (κ1) is 14.8. The smallest absolute Gasteiger partial charge is 0.150 e. The highest BCUT2D eigenvalue weighted by molar-refractivity contribution is 9.10. The highest BCUT2D eigenvalue weighted by Gasteiger charge is 2.11. The lowest BCUT2D eigenvalue weighted by Crippen LogP contribution is -2.04. The summed E-state index contributed by atoms with van der Waals surface area (Å²) in [4.78, 5) is 0. The number of nitrogens with zero attached hydrogens (tertiary/aromatic N) is 1. The third-order valence-corrected chi connectivity index (χ3v) is 3.45. The molecule has 0 aliphatic rings. The summed E-state index contributed by atoms with van der Waals surface area (Å²) in [5, 5.41) is 11.8. The van der Waals surface area contributed by atoms with Crippen LogP contribution in [-0.2, 0) is 6.54 Å². The molecule has 0 fully saturated rings. The second-order valence-electron chi connectivity index (χ2n) is 4.02. The summed E-state index contributed by atoms with van der Waals surface area (Å²) in [7, 11) is 0. The minimum atomic E-state index is -0.693. The van der Waals surface area contributed by atoms with E-state index in [2.05, 4.69) is 21.2 Å². The van der Waals surface area contributed by atoms with Crippen LogP contribution in [0.1, 0.15) is 11.1 Å². The van der Waals surface area contributed by atoms with Crippen LogP contribution < -0.4 is 5.32 Å². The number of hydrogen-bond acceptors (Lipinski definition) is 2. The summed E-state index contributed by atoms with van der Waals surface area (Å²) in [5.74, 6) is -1.39. The molecular formula is C14H8BrClF2N2. The molecule has 2 aromatic rings. The van der Waals surface area contributed by atoms with Gasteiger partial charge in [0, 0.05) is 16.0 Å². The summed E-state index contributed by atoms with van der Waals surface area (Å²) < 4.78 is 27.6. The molecule has 0 radical (unpaired) electrons. The van der Waals surface area contributed by atoms with Crippen molar-refractivity contribution < 1.29 is 8.78 Å². The van der Waals surface area contributed by atoms with Gasteiger partial charge in [-0.15, -0.1) is 0 Å². The Kier molecular flexibility index (Phi) is 4.58. The number of nitriles is 1. The SMILES string of the molecule is N#Cc1ccc(CNc2c(F)cc(Br)cc2F)c(Cl)c1. The normalized spacial score (nSPS) is 10.2.